The summed E-state index contributed by atoms with van der Waals surface area (Å²) in [6.45, 7) is 0. The fourth-order valence-electron chi connectivity index (χ4n) is 5.87. The highest BCUT2D eigenvalue weighted by Crippen LogP contribution is 2.45. The van der Waals surface area contributed by atoms with Gasteiger partial charge in [0.2, 0.25) is 0 Å². The fraction of sp³-hybridized carbons (Fsp3) is 0.0303. The van der Waals surface area contributed by atoms with Gasteiger partial charge in [0.25, 0.3) is 0 Å². The Labute approximate surface area is 230 Å². The number of nitrogens with zero attached hydrogens (tertiary/aromatic N) is 3. The molecule has 0 aliphatic heterocycles. The van der Waals surface area contributed by atoms with Gasteiger partial charge in [-0.1, -0.05) is 96.1 Å². The van der Waals surface area contributed by atoms with Gasteiger partial charge in [0.15, 0.2) is 0 Å². The van der Waals surface area contributed by atoms with Crippen LogP contribution in [0.5, 0.6) is 0 Å². The zero-order chi connectivity index (χ0) is 26.6. The van der Waals surface area contributed by atoms with Crippen LogP contribution in [0.15, 0.2) is 122 Å². The van der Waals surface area contributed by atoms with E-state index >= 15 is 0 Å². The van der Waals surface area contributed by atoms with Crippen LogP contribution in [-0.2, 0) is 5.11 Å². The van der Waals surface area contributed by atoms with E-state index in [1.807, 2.05) is 18.5 Å². The largest absolute Gasteiger partial charge is 0.296 e. The molecule has 0 unspecified atom stereocenters. The third-order valence-electron chi connectivity index (χ3n) is 7.53. The molecule has 0 aliphatic carbocycles. The van der Waals surface area contributed by atoms with E-state index in [0.29, 0.717) is 0 Å². The maximum absolute atomic E-state index is 5.16. The maximum Gasteiger partial charge on any atom is 0.0994 e. The number of hydrogen-bond acceptors (Lipinski definition) is 2. The number of pyridine rings is 1. The standard InChI is InChI=1S/C33H26B3N3/c34-33(35,36)32-38-28-17-7-8-18-29(28)39(32)31-26-15-5-3-13-24(26)30(25-14-4-6-16-27(25)31)23-12-2-1-11-22(23)21-10-9-19-37-20-21/h1-20H,34-36H2. The van der Waals surface area contributed by atoms with Gasteiger partial charge in [-0.2, -0.15) is 0 Å². The second kappa shape index (κ2) is 9.02. The van der Waals surface area contributed by atoms with Crippen LogP contribution in [0, 0.1) is 0 Å². The van der Waals surface area contributed by atoms with Crippen molar-refractivity contribution in [1.29, 1.82) is 0 Å². The Morgan fingerprint density at radius 3 is 1.82 bits per heavy atom. The molecule has 0 saturated carbocycles. The Morgan fingerprint density at radius 1 is 0.590 bits per heavy atom. The summed E-state index contributed by atoms with van der Waals surface area (Å²) in [6, 6.07) is 38.9. The van der Waals surface area contributed by atoms with Crippen molar-refractivity contribution < 1.29 is 0 Å². The van der Waals surface area contributed by atoms with Gasteiger partial charge in [0.05, 0.1) is 46.1 Å². The number of imidazole rings is 1. The SMILES string of the molecule is BC(B)(B)c1nc2ccccc2n1-c1c2ccccc2c(-c2ccccc2-c2cccnc2)c2ccccc12. The van der Waals surface area contributed by atoms with E-state index in [0.717, 1.165) is 22.4 Å². The van der Waals surface area contributed by atoms with Gasteiger partial charge < -0.3 is 0 Å². The van der Waals surface area contributed by atoms with Crippen LogP contribution in [0.25, 0.3) is 60.5 Å². The van der Waals surface area contributed by atoms with Crippen LogP contribution in [-0.4, -0.2) is 38.1 Å². The Bertz CT molecular complexity index is 1950. The molecule has 0 amide bonds. The van der Waals surface area contributed by atoms with Gasteiger partial charge in [0, 0.05) is 28.7 Å². The predicted molar refractivity (Wildman–Crippen MR) is 172 cm³/mol. The van der Waals surface area contributed by atoms with Crippen LogP contribution < -0.4 is 0 Å². The first-order valence-corrected chi connectivity index (χ1v) is 13.4. The van der Waals surface area contributed by atoms with Crippen LogP contribution in [0.1, 0.15) is 5.82 Å². The molecule has 6 heteroatoms. The lowest BCUT2D eigenvalue weighted by Gasteiger charge is -2.24. The number of aromatic nitrogens is 3. The molecule has 2 heterocycles. The van der Waals surface area contributed by atoms with Gasteiger partial charge in [-0.05, 0) is 45.7 Å². The minimum atomic E-state index is -0.146. The molecular weight excluding hydrogens is 471 g/mol. The average Bonchev–Trinajstić information content (AvgIpc) is 3.36. The van der Waals surface area contributed by atoms with Crippen molar-refractivity contribution >= 4 is 56.1 Å². The molecule has 0 radical (unpaired) electrons. The molecule has 0 aliphatic rings. The molecule has 2 aromatic heterocycles. The maximum atomic E-state index is 5.16. The molecule has 39 heavy (non-hydrogen) atoms. The topological polar surface area (TPSA) is 30.7 Å². The molecule has 0 bridgehead atoms. The van der Waals surface area contributed by atoms with E-state index in [9.17, 15) is 0 Å². The van der Waals surface area contributed by atoms with Gasteiger partial charge in [-0.15, -0.1) is 0 Å². The molecule has 7 aromatic rings. The highest BCUT2D eigenvalue weighted by molar-refractivity contribution is 6.58. The van der Waals surface area contributed by atoms with Crippen LogP contribution >= 0.6 is 0 Å². The van der Waals surface area contributed by atoms with E-state index in [1.54, 1.807) is 0 Å². The predicted octanol–water partition coefficient (Wildman–Crippen LogP) is 5.07. The summed E-state index contributed by atoms with van der Waals surface area (Å²) in [5.41, 5.74) is 8.06. The summed E-state index contributed by atoms with van der Waals surface area (Å²) in [5, 5.41) is 4.72. The number of hydrogen-bond donors (Lipinski definition) is 0. The summed E-state index contributed by atoms with van der Waals surface area (Å²) in [6.07, 6.45) is 3.78. The molecule has 7 rings (SSSR count). The number of fused-ring (bicyclic) bond motifs is 3. The van der Waals surface area contributed by atoms with Gasteiger partial charge >= 0.3 is 0 Å². The molecule has 5 aromatic carbocycles. The number of para-hydroxylation sites is 2. The van der Waals surface area contributed by atoms with E-state index in [2.05, 4.69) is 136 Å². The molecule has 0 N–H and O–H groups in total. The zero-order valence-corrected chi connectivity index (χ0v) is 22.4. The number of benzene rings is 5. The van der Waals surface area contributed by atoms with E-state index < -0.39 is 0 Å². The fourth-order valence-corrected chi connectivity index (χ4v) is 5.87. The highest BCUT2D eigenvalue weighted by Gasteiger charge is 2.27. The smallest absolute Gasteiger partial charge is 0.0994 e. The lowest BCUT2D eigenvalue weighted by molar-refractivity contribution is 0.939. The third kappa shape index (κ3) is 3.78. The van der Waals surface area contributed by atoms with E-state index in [4.69, 9.17) is 4.98 Å². The Kier molecular flexibility index (Phi) is 5.45. The monoisotopic (exact) mass is 497 g/mol. The minimum absolute atomic E-state index is 0.146. The van der Waals surface area contributed by atoms with Crippen molar-refractivity contribution in [2.75, 3.05) is 0 Å². The summed E-state index contributed by atoms with van der Waals surface area (Å²) in [7, 11) is 6.73. The summed E-state index contributed by atoms with van der Waals surface area (Å²) in [5.74, 6) is 1.06. The van der Waals surface area contributed by atoms with Crippen molar-refractivity contribution in [1.82, 2.24) is 14.5 Å². The first-order valence-electron chi connectivity index (χ1n) is 13.4. The molecular formula is C33H26B3N3. The van der Waals surface area contributed by atoms with Crippen molar-refractivity contribution in [3.05, 3.63) is 127 Å². The Morgan fingerprint density at radius 2 is 1.18 bits per heavy atom. The second-order valence-corrected chi connectivity index (χ2v) is 11.1. The van der Waals surface area contributed by atoms with Gasteiger partial charge in [-0.25, -0.2) is 4.98 Å². The first-order chi connectivity index (χ1) is 19.0. The molecule has 0 saturated heterocycles. The van der Waals surface area contributed by atoms with Crippen LogP contribution in [0.4, 0.5) is 0 Å². The molecule has 3 nitrogen and oxygen atoms in total. The molecule has 182 valence electrons. The highest BCUT2D eigenvalue weighted by atomic mass is 15.1. The van der Waals surface area contributed by atoms with E-state index in [1.165, 1.54) is 43.9 Å². The molecule has 0 atom stereocenters. The van der Waals surface area contributed by atoms with Crippen LogP contribution in [0.2, 0.25) is 0 Å². The Balaban J connectivity index is 1.67. The summed E-state index contributed by atoms with van der Waals surface area (Å²) in [4.78, 5) is 9.58. The third-order valence-corrected chi connectivity index (χ3v) is 7.53. The quantitative estimate of drug-likeness (QED) is 0.251. The number of rotatable bonds is 4. The van der Waals surface area contributed by atoms with Crippen LogP contribution in [0.3, 0.4) is 0 Å². The van der Waals surface area contributed by atoms with Gasteiger partial charge in [-0.3, -0.25) is 9.55 Å². The Hall–Kier alpha value is -4.57. The lowest BCUT2D eigenvalue weighted by atomic mass is 9.42. The van der Waals surface area contributed by atoms with Crippen molar-refractivity contribution in [3.63, 3.8) is 0 Å². The van der Waals surface area contributed by atoms with Crippen molar-refractivity contribution in [2.24, 2.45) is 0 Å². The molecule has 0 fully saturated rings. The minimum Gasteiger partial charge on any atom is -0.296 e. The van der Waals surface area contributed by atoms with E-state index in [-0.39, 0.29) is 5.11 Å². The van der Waals surface area contributed by atoms with Gasteiger partial charge in [0.1, 0.15) is 0 Å². The first kappa shape index (κ1) is 23.5. The zero-order valence-electron chi connectivity index (χ0n) is 22.4. The summed E-state index contributed by atoms with van der Waals surface area (Å²) >= 11 is 0. The summed E-state index contributed by atoms with van der Waals surface area (Å²) < 4.78 is 2.40. The lowest BCUT2D eigenvalue weighted by Crippen LogP contribution is -2.31. The average molecular weight is 497 g/mol. The van der Waals surface area contributed by atoms with Crippen molar-refractivity contribution in [2.45, 2.75) is 5.11 Å². The normalized spacial score (nSPS) is 11.9. The second-order valence-electron chi connectivity index (χ2n) is 11.1. The van der Waals surface area contributed by atoms with Crippen molar-refractivity contribution in [3.8, 4) is 27.9 Å². The molecule has 0 spiro atoms.